The summed E-state index contributed by atoms with van der Waals surface area (Å²) in [6.07, 6.45) is 0. The molecule has 0 radical (unpaired) electrons. The Labute approximate surface area is 173 Å². The molecule has 0 saturated carbocycles. The summed E-state index contributed by atoms with van der Waals surface area (Å²) in [7, 11) is 0. The fraction of sp³-hybridized carbons (Fsp3) is 0.167. The van der Waals surface area contributed by atoms with Crippen molar-refractivity contribution in [3.8, 4) is 11.1 Å². The number of nitrogens with one attached hydrogen (secondary N) is 1. The summed E-state index contributed by atoms with van der Waals surface area (Å²) >= 11 is 0. The smallest absolute Gasteiger partial charge is 0.255 e. The maximum absolute atomic E-state index is 14.6. The lowest BCUT2D eigenvalue weighted by Gasteiger charge is -2.29. The Balaban J connectivity index is 1.36. The van der Waals surface area contributed by atoms with E-state index in [4.69, 9.17) is 4.74 Å². The predicted molar refractivity (Wildman–Crippen MR) is 113 cm³/mol. The highest BCUT2D eigenvalue weighted by Gasteiger charge is 2.27. The summed E-state index contributed by atoms with van der Waals surface area (Å²) in [4.78, 5) is 27.3. The van der Waals surface area contributed by atoms with Crippen LogP contribution < -0.4 is 10.2 Å². The first-order chi connectivity index (χ1) is 14.6. The van der Waals surface area contributed by atoms with Crippen LogP contribution in [0.5, 0.6) is 0 Å². The molecule has 1 aliphatic heterocycles. The Kier molecular flexibility index (Phi) is 4.56. The topological polar surface area (TPSA) is 58.6 Å². The van der Waals surface area contributed by atoms with Gasteiger partial charge < -0.3 is 15.0 Å². The zero-order chi connectivity index (χ0) is 20.7. The van der Waals surface area contributed by atoms with Crippen molar-refractivity contribution in [3.63, 3.8) is 0 Å². The molecule has 2 aliphatic rings. The van der Waals surface area contributed by atoms with Gasteiger partial charge in [-0.3, -0.25) is 9.59 Å². The summed E-state index contributed by atoms with van der Waals surface area (Å²) in [5, 5.41) is 2.72. The molecule has 1 heterocycles. The van der Waals surface area contributed by atoms with Crippen molar-refractivity contribution in [1.82, 2.24) is 0 Å². The van der Waals surface area contributed by atoms with E-state index < -0.39 is 5.82 Å². The van der Waals surface area contributed by atoms with E-state index in [-0.39, 0.29) is 11.7 Å². The minimum Gasteiger partial charge on any atom is -0.378 e. The highest BCUT2D eigenvalue weighted by Crippen LogP contribution is 2.36. The molecule has 0 bridgehead atoms. The molecule has 0 aromatic heterocycles. The van der Waals surface area contributed by atoms with Crippen molar-refractivity contribution in [2.75, 3.05) is 36.5 Å². The number of ether oxygens (including phenoxy) is 1. The molecule has 0 atom stereocenters. The van der Waals surface area contributed by atoms with Crippen LogP contribution >= 0.6 is 0 Å². The van der Waals surface area contributed by atoms with Gasteiger partial charge in [-0.05, 0) is 41.5 Å². The van der Waals surface area contributed by atoms with Crippen molar-refractivity contribution in [1.29, 1.82) is 0 Å². The van der Waals surface area contributed by atoms with Gasteiger partial charge in [0.05, 0.1) is 18.9 Å². The number of hydrogen-bond donors (Lipinski definition) is 1. The number of fused-ring (bicyclic) bond motifs is 3. The molecule has 1 fully saturated rings. The highest BCUT2D eigenvalue weighted by molar-refractivity contribution is 6.22. The minimum absolute atomic E-state index is 0.0869. The quantitative estimate of drug-likeness (QED) is 0.560. The number of anilines is 2. The van der Waals surface area contributed by atoms with E-state index in [0.717, 1.165) is 11.1 Å². The molecule has 1 aliphatic carbocycles. The molecule has 0 spiro atoms. The number of amides is 1. The molecule has 0 unspecified atom stereocenters. The van der Waals surface area contributed by atoms with Crippen LogP contribution in [0.4, 0.5) is 15.8 Å². The van der Waals surface area contributed by atoms with Crippen molar-refractivity contribution >= 4 is 23.1 Å². The fourth-order valence-corrected chi connectivity index (χ4v) is 4.02. The third kappa shape index (κ3) is 3.15. The third-order valence-electron chi connectivity index (χ3n) is 5.55. The fourth-order valence-electron chi connectivity index (χ4n) is 4.02. The van der Waals surface area contributed by atoms with Crippen molar-refractivity contribution in [3.05, 3.63) is 83.2 Å². The first-order valence-corrected chi connectivity index (χ1v) is 9.83. The molecule has 150 valence electrons. The summed E-state index contributed by atoms with van der Waals surface area (Å²) in [6.45, 7) is 2.40. The lowest BCUT2D eigenvalue weighted by atomic mass is 10.0. The number of hydrogen-bond acceptors (Lipinski definition) is 4. The maximum atomic E-state index is 14.6. The van der Waals surface area contributed by atoms with Gasteiger partial charge in [-0.25, -0.2) is 4.39 Å². The molecular weight excluding hydrogens is 383 g/mol. The summed E-state index contributed by atoms with van der Waals surface area (Å²) in [6, 6.07) is 17.1. The van der Waals surface area contributed by atoms with Gasteiger partial charge in [-0.2, -0.15) is 0 Å². The molecule has 3 aromatic carbocycles. The second kappa shape index (κ2) is 7.39. The van der Waals surface area contributed by atoms with Gasteiger partial charge >= 0.3 is 0 Å². The monoisotopic (exact) mass is 402 g/mol. The number of carbonyl (C=O) groups is 2. The Morgan fingerprint density at radius 3 is 2.40 bits per heavy atom. The van der Waals surface area contributed by atoms with Crippen LogP contribution in [-0.4, -0.2) is 38.0 Å². The molecule has 1 N–H and O–H groups in total. The predicted octanol–water partition coefficient (Wildman–Crippen LogP) is 4.13. The molecule has 5 nitrogen and oxygen atoms in total. The zero-order valence-corrected chi connectivity index (χ0v) is 16.2. The summed E-state index contributed by atoms with van der Waals surface area (Å²) in [5.74, 6) is -0.870. The van der Waals surface area contributed by atoms with Crippen LogP contribution in [0, 0.1) is 5.82 Å². The van der Waals surface area contributed by atoms with Crippen molar-refractivity contribution < 1.29 is 18.7 Å². The van der Waals surface area contributed by atoms with Crippen LogP contribution in [0.15, 0.2) is 60.7 Å². The largest absolute Gasteiger partial charge is 0.378 e. The summed E-state index contributed by atoms with van der Waals surface area (Å²) < 4.78 is 19.9. The van der Waals surface area contributed by atoms with Crippen LogP contribution in [0.25, 0.3) is 11.1 Å². The van der Waals surface area contributed by atoms with Gasteiger partial charge in [0.25, 0.3) is 5.91 Å². The number of morpholine rings is 1. The van der Waals surface area contributed by atoms with Gasteiger partial charge in [0.15, 0.2) is 5.78 Å². The Bertz CT molecular complexity index is 1170. The van der Waals surface area contributed by atoms with Gasteiger partial charge in [0.1, 0.15) is 5.82 Å². The second-order valence-corrected chi connectivity index (χ2v) is 7.35. The zero-order valence-electron chi connectivity index (χ0n) is 16.2. The third-order valence-corrected chi connectivity index (χ3v) is 5.55. The van der Waals surface area contributed by atoms with Gasteiger partial charge in [-0.1, -0.05) is 30.3 Å². The lowest BCUT2D eigenvalue weighted by Crippen LogP contribution is -2.36. The Morgan fingerprint density at radius 2 is 1.63 bits per heavy atom. The van der Waals surface area contributed by atoms with E-state index >= 15 is 0 Å². The van der Waals surface area contributed by atoms with Gasteiger partial charge in [0, 0.05) is 35.5 Å². The van der Waals surface area contributed by atoms with E-state index in [1.807, 2.05) is 23.1 Å². The average Bonchev–Trinajstić information content (AvgIpc) is 3.06. The standard InChI is InChI=1S/C24H19FN2O3/c25-21-14-16(6-8-22(21)27-9-11-30-12-10-27)26-24(29)15-5-7-18-17-3-1-2-4-19(17)23(28)20(18)13-15/h1-8,13-14H,9-12H2,(H,26,29). The van der Waals surface area contributed by atoms with E-state index in [0.29, 0.717) is 54.4 Å². The number of benzene rings is 3. The molecule has 6 heteroatoms. The van der Waals surface area contributed by atoms with Crippen LogP contribution in [0.1, 0.15) is 26.3 Å². The number of halogens is 1. The lowest BCUT2D eigenvalue weighted by molar-refractivity contribution is 0.102. The van der Waals surface area contributed by atoms with Crippen LogP contribution in [-0.2, 0) is 4.74 Å². The number of ketones is 1. The maximum Gasteiger partial charge on any atom is 0.255 e. The summed E-state index contributed by atoms with van der Waals surface area (Å²) in [5.41, 5.74) is 4.08. The van der Waals surface area contributed by atoms with Crippen LogP contribution in [0.2, 0.25) is 0 Å². The van der Waals surface area contributed by atoms with Crippen molar-refractivity contribution in [2.45, 2.75) is 0 Å². The number of carbonyl (C=O) groups excluding carboxylic acids is 2. The Morgan fingerprint density at radius 1 is 0.900 bits per heavy atom. The van der Waals surface area contributed by atoms with E-state index in [9.17, 15) is 14.0 Å². The molecule has 1 saturated heterocycles. The molecule has 5 rings (SSSR count). The first-order valence-electron chi connectivity index (χ1n) is 9.83. The molecule has 1 amide bonds. The number of rotatable bonds is 3. The van der Waals surface area contributed by atoms with Gasteiger partial charge in [-0.15, -0.1) is 0 Å². The molecule has 3 aromatic rings. The second-order valence-electron chi connectivity index (χ2n) is 7.35. The normalized spacial score (nSPS) is 15.0. The van der Waals surface area contributed by atoms with E-state index in [1.165, 1.54) is 6.07 Å². The van der Waals surface area contributed by atoms with Gasteiger partial charge in [0.2, 0.25) is 0 Å². The molecular formula is C24H19FN2O3. The average molecular weight is 402 g/mol. The molecule has 30 heavy (non-hydrogen) atoms. The Hall–Kier alpha value is -3.51. The van der Waals surface area contributed by atoms with Crippen LogP contribution in [0.3, 0.4) is 0 Å². The first kappa shape index (κ1) is 18.5. The number of nitrogens with zero attached hydrogens (tertiary/aromatic N) is 1. The van der Waals surface area contributed by atoms with Crippen molar-refractivity contribution in [2.24, 2.45) is 0 Å². The highest BCUT2D eigenvalue weighted by atomic mass is 19.1. The van der Waals surface area contributed by atoms with E-state index in [1.54, 1.807) is 36.4 Å². The SMILES string of the molecule is O=C(Nc1ccc(N2CCOCC2)c(F)c1)c1ccc2c(c1)C(=O)c1ccccc1-2. The van der Waals surface area contributed by atoms with E-state index in [2.05, 4.69) is 5.32 Å². The minimum atomic E-state index is -0.394.